The molecule has 2 aromatic carbocycles. The number of para-hydroxylation sites is 1. The third kappa shape index (κ3) is 3.91. The summed E-state index contributed by atoms with van der Waals surface area (Å²) in [5.41, 5.74) is 2.41. The molecule has 0 radical (unpaired) electrons. The summed E-state index contributed by atoms with van der Waals surface area (Å²) in [4.78, 5) is 14.2. The topological polar surface area (TPSA) is 66.9 Å². The third-order valence-electron chi connectivity index (χ3n) is 5.40. The first kappa shape index (κ1) is 19.0. The van der Waals surface area contributed by atoms with Crippen LogP contribution in [0.1, 0.15) is 24.0 Å². The molecule has 148 valence electrons. The quantitative estimate of drug-likeness (QED) is 0.794. The number of nitrogens with zero attached hydrogens (tertiary/aromatic N) is 2. The molecule has 1 aliphatic heterocycles. The minimum atomic E-state index is -3.55. The maximum atomic E-state index is 13.0. The molecule has 0 spiro atoms. The van der Waals surface area contributed by atoms with Crippen LogP contribution in [0.5, 0.6) is 5.75 Å². The van der Waals surface area contributed by atoms with Crippen LogP contribution in [0.2, 0.25) is 0 Å². The van der Waals surface area contributed by atoms with Crippen molar-refractivity contribution in [2.75, 3.05) is 26.2 Å². The van der Waals surface area contributed by atoms with Gasteiger partial charge >= 0.3 is 6.09 Å². The summed E-state index contributed by atoms with van der Waals surface area (Å²) in [6.07, 6.45) is 3.80. The van der Waals surface area contributed by atoms with E-state index in [4.69, 9.17) is 4.74 Å². The first-order valence-corrected chi connectivity index (χ1v) is 11.1. The highest BCUT2D eigenvalue weighted by Crippen LogP contribution is 2.26. The number of carbonyl (C=O) groups is 1. The highest BCUT2D eigenvalue weighted by molar-refractivity contribution is 7.89. The van der Waals surface area contributed by atoms with Gasteiger partial charge in [-0.2, -0.15) is 4.31 Å². The summed E-state index contributed by atoms with van der Waals surface area (Å²) in [7, 11) is -3.55. The molecule has 0 N–H and O–H groups in total. The van der Waals surface area contributed by atoms with Gasteiger partial charge < -0.3 is 9.64 Å². The summed E-state index contributed by atoms with van der Waals surface area (Å²) in [6.45, 7) is 1.16. The third-order valence-corrected chi connectivity index (χ3v) is 7.30. The van der Waals surface area contributed by atoms with Crippen molar-refractivity contribution < 1.29 is 17.9 Å². The zero-order valence-corrected chi connectivity index (χ0v) is 16.5. The maximum Gasteiger partial charge on any atom is 0.415 e. The lowest BCUT2D eigenvalue weighted by Crippen LogP contribution is -2.51. The Morgan fingerprint density at radius 3 is 2.25 bits per heavy atom. The fourth-order valence-corrected chi connectivity index (χ4v) is 5.26. The molecule has 1 amide bonds. The molecule has 1 fully saturated rings. The number of ether oxygens (including phenoxy) is 1. The maximum absolute atomic E-state index is 13.0. The SMILES string of the molecule is O=C(Oc1ccccc1)N1CCN(S(=O)(=O)c2ccc3c(c2)CCCC3)CC1. The Labute approximate surface area is 165 Å². The fraction of sp³-hybridized carbons (Fsp3) is 0.381. The van der Waals surface area contributed by atoms with Gasteiger partial charge in [0.2, 0.25) is 10.0 Å². The lowest BCUT2D eigenvalue weighted by Gasteiger charge is -2.33. The van der Waals surface area contributed by atoms with E-state index in [0.717, 1.165) is 24.8 Å². The number of aryl methyl sites for hydroxylation is 2. The Morgan fingerprint density at radius 2 is 1.54 bits per heavy atom. The molecule has 1 heterocycles. The van der Waals surface area contributed by atoms with Gasteiger partial charge in [-0.3, -0.25) is 0 Å². The van der Waals surface area contributed by atoms with Gasteiger partial charge in [-0.25, -0.2) is 13.2 Å². The van der Waals surface area contributed by atoms with Crippen LogP contribution in [0, 0.1) is 0 Å². The van der Waals surface area contributed by atoms with E-state index < -0.39 is 16.1 Å². The molecule has 6 nitrogen and oxygen atoms in total. The summed E-state index contributed by atoms with van der Waals surface area (Å²) in [6, 6.07) is 14.4. The smallest absolute Gasteiger partial charge is 0.410 e. The van der Waals surface area contributed by atoms with Crippen molar-refractivity contribution in [2.45, 2.75) is 30.6 Å². The van der Waals surface area contributed by atoms with Gasteiger partial charge in [0, 0.05) is 26.2 Å². The molecule has 0 aromatic heterocycles. The normalized spacial score (nSPS) is 17.8. The van der Waals surface area contributed by atoms with Crippen molar-refractivity contribution in [3.05, 3.63) is 59.7 Å². The van der Waals surface area contributed by atoms with Crippen molar-refractivity contribution in [2.24, 2.45) is 0 Å². The van der Waals surface area contributed by atoms with Gasteiger partial charge in [0.25, 0.3) is 0 Å². The molecule has 28 heavy (non-hydrogen) atoms. The van der Waals surface area contributed by atoms with Crippen molar-refractivity contribution in [3.63, 3.8) is 0 Å². The number of benzene rings is 2. The van der Waals surface area contributed by atoms with Crippen LogP contribution in [0.4, 0.5) is 4.79 Å². The predicted octanol–water partition coefficient (Wildman–Crippen LogP) is 3.07. The highest BCUT2D eigenvalue weighted by Gasteiger charge is 2.31. The van der Waals surface area contributed by atoms with Crippen LogP contribution in [0.3, 0.4) is 0 Å². The molecule has 4 rings (SSSR count). The Hall–Kier alpha value is -2.38. The Bertz CT molecular complexity index is 952. The molecule has 2 aliphatic rings. The van der Waals surface area contributed by atoms with E-state index in [1.807, 2.05) is 18.2 Å². The molecule has 0 unspecified atom stereocenters. The van der Waals surface area contributed by atoms with Gasteiger partial charge in [0.05, 0.1) is 4.90 Å². The molecule has 2 aromatic rings. The average Bonchev–Trinajstić information content (AvgIpc) is 2.74. The second kappa shape index (κ2) is 7.93. The van der Waals surface area contributed by atoms with Gasteiger partial charge in [-0.15, -0.1) is 0 Å². The molecular weight excluding hydrogens is 376 g/mol. The van der Waals surface area contributed by atoms with Crippen LogP contribution in [0.25, 0.3) is 0 Å². The number of sulfonamides is 1. The number of rotatable bonds is 3. The lowest BCUT2D eigenvalue weighted by molar-refractivity contribution is 0.132. The van der Waals surface area contributed by atoms with Crippen LogP contribution < -0.4 is 4.74 Å². The van der Waals surface area contributed by atoms with Crippen molar-refractivity contribution in [1.82, 2.24) is 9.21 Å². The largest absolute Gasteiger partial charge is 0.415 e. The number of amides is 1. The van der Waals surface area contributed by atoms with Gasteiger partial charge in [0.1, 0.15) is 5.75 Å². The zero-order valence-electron chi connectivity index (χ0n) is 15.7. The molecular formula is C21H24N2O4S. The van der Waals surface area contributed by atoms with Crippen LogP contribution in [0.15, 0.2) is 53.4 Å². The van der Waals surface area contributed by atoms with Gasteiger partial charge in [-0.05, 0) is 61.1 Å². The van der Waals surface area contributed by atoms with E-state index in [9.17, 15) is 13.2 Å². The molecule has 1 aliphatic carbocycles. The average molecular weight is 401 g/mol. The number of piperazine rings is 1. The predicted molar refractivity (Wildman–Crippen MR) is 106 cm³/mol. The highest BCUT2D eigenvalue weighted by atomic mass is 32.2. The summed E-state index contributed by atoms with van der Waals surface area (Å²) in [5, 5.41) is 0. The number of carbonyl (C=O) groups excluding carboxylic acids is 1. The van der Waals surface area contributed by atoms with Gasteiger partial charge in [0.15, 0.2) is 0 Å². The first-order chi connectivity index (χ1) is 13.5. The van der Waals surface area contributed by atoms with Crippen molar-refractivity contribution >= 4 is 16.1 Å². The summed E-state index contributed by atoms with van der Waals surface area (Å²) < 4.78 is 32.9. The van der Waals surface area contributed by atoms with E-state index in [2.05, 4.69) is 0 Å². The zero-order chi connectivity index (χ0) is 19.6. The molecule has 7 heteroatoms. The first-order valence-electron chi connectivity index (χ1n) is 9.68. The lowest BCUT2D eigenvalue weighted by atomic mass is 9.92. The molecule has 0 atom stereocenters. The van der Waals surface area contributed by atoms with E-state index in [1.54, 1.807) is 35.2 Å². The second-order valence-electron chi connectivity index (χ2n) is 7.21. The van der Waals surface area contributed by atoms with Gasteiger partial charge in [-0.1, -0.05) is 24.3 Å². The fourth-order valence-electron chi connectivity index (χ4n) is 3.78. The second-order valence-corrected chi connectivity index (χ2v) is 9.15. The van der Waals surface area contributed by atoms with Crippen LogP contribution >= 0.6 is 0 Å². The summed E-state index contributed by atoms with van der Waals surface area (Å²) >= 11 is 0. The number of hydrogen-bond acceptors (Lipinski definition) is 4. The minimum Gasteiger partial charge on any atom is -0.410 e. The molecule has 0 saturated carbocycles. The van der Waals surface area contributed by atoms with E-state index in [1.165, 1.54) is 16.3 Å². The van der Waals surface area contributed by atoms with E-state index in [0.29, 0.717) is 23.7 Å². The Kier molecular flexibility index (Phi) is 5.37. The number of hydrogen-bond donors (Lipinski definition) is 0. The van der Waals surface area contributed by atoms with Crippen LogP contribution in [-0.2, 0) is 22.9 Å². The standard InChI is InChI=1S/C21H24N2O4S/c24-21(27-19-8-2-1-3-9-19)22-12-14-23(15-13-22)28(25,26)20-11-10-17-6-4-5-7-18(17)16-20/h1-3,8-11,16H,4-7,12-15H2. The molecule has 1 saturated heterocycles. The van der Waals surface area contributed by atoms with Crippen molar-refractivity contribution in [3.8, 4) is 5.75 Å². The Balaban J connectivity index is 1.41. The van der Waals surface area contributed by atoms with Crippen molar-refractivity contribution in [1.29, 1.82) is 0 Å². The monoisotopic (exact) mass is 400 g/mol. The summed E-state index contributed by atoms with van der Waals surface area (Å²) in [5.74, 6) is 0.483. The Morgan fingerprint density at radius 1 is 0.857 bits per heavy atom. The number of fused-ring (bicyclic) bond motifs is 1. The van der Waals surface area contributed by atoms with E-state index in [-0.39, 0.29) is 13.1 Å². The minimum absolute atomic E-state index is 0.267. The van der Waals surface area contributed by atoms with Crippen LogP contribution in [-0.4, -0.2) is 49.9 Å². The molecule has 0 bridgehead atoms. The van der Waals surface area contributed by atoms with E-state index >= 15 is 0 Å².